The summed E-state index contributed by atoms with van der Waals surface area (Å²) in [6.45, 7) is 10.5. The fraction of sp³-hybridized carbons (Fsp3) is 0.405. The molecule has 0 fully saturated rings. The van der Waals surface area contributed by atoms with Crippen molar-refractivity contribution in [3.63, 3.8) is 0 Å². The molecule has 0 spiro atoms. The van der Waals surface area contributed by atoms with Crippen molar-refractivity contribution in [2.75, 3.05) is 7.11 Å². The Hall–Kier alpha value is -4.56. The summed E-state index contributed by atoms with van der Waals surface area (Å²) < 4.78 is 5.58. The minimum atomic E-state index is 0.227. The Morgan fingerprint density at radius 2 is 1.35 bits per heavy atom. The lowest BCUT2D eigenvalue weighted by atomic mass is 9.90. The van der Waals surface area contributed by atoms with Crippen molar-refractivity contribution in [1.82, 2.24) is 29.9 Å². The molecule has 0 aliphatic rings. The molecule has 2 atom stereocenters. The molecule has 5 rings (SSSR count). The number of aromatic nitrogens is 6. The zero-order chi connectivity index (χ0) is 36.6. The molecule has 0 bridgehead atoms. The summed E-state index contributed by atoms with van der Waals surface area (Å²) in [5.41, 5.74) is 8.57. The Morgan fingerprint density at radius 1 is 0.765 bits per heavy atom. The van der Waals surface area contributed by atoms with Gasteiger partial charge in [-0.05, 0) is 110 Å². The predicted octanol–water partition coefficient (Wildman–Crippen LogP) is 9.85. The van der Waals surface area contributed by atoms with Crippen LogP contribution in [0, 0.1) is 13.8 Å². The molecule has 1 aromatic carbocycles. The van der Waals surface area contributed by atoms with Gasteiger partial charge in [0.1, 0.15) is 11.5 Å². The molecule has 51 heavy (non-hydrogen) atoms. The van der Waals surface area contributed by atoms with Gasteiger partial charge in [-0.1, -0.05) is 57.9 Å². The van der Waals surface area contributed by atoms with Crippen LogP contribution in [-0.4, -0.2) is 42.8 Å². The van der Waals surface area contributed by atoms with E-state index in [1.54, 1.807) is 19.5 Å². The lowest BCUT2D eigenvalue weighted by molar-refractivity contribution is -0.118. The second-order valence-electron chi connectivity index (χ2n) is 13.0. The highest BCUT2D eigenvalue weighted by molar-refractivity contribution is 6.28. The molecule has 0 radical (unpaired) electrons. The minimum Gasteiger partial charge on any atom is -0.496 e. The first-order valence-electron chi connectivity index (χ1n) is 18.0. The number of hydrogen-bond acceptors (Lipinski definition) is 8. The first-order chi connectivity index (χ1) is 24.8. The first-order valence-corrected chi connectivity index (χ1v) is 18.4. The van der Waals surface area contributed by atoms with E-state index < -0.39 is 0 Å². The van der Waals surface area contributed by atoms with E-state index in [0.29, 0.717) is 41.5 Å². The fourth-order valence-electron chi connectivity index (χ4n) is 6.26. The van der Waals surface area contributed by atoms with Gasteiger partial charge in [-0.25, -0.2) is 19.9 Å². The zero-order valence-electron chi connectivity index (χ0n) is 30.9. The Balaban J connectivity index is 0.000000261. The van der Waals surface area contributed by atoms with E-state index in [4.69, 9.17) is 21.3 Å². The molecule has 0 aliphatic carbocycles. The quantitative estimate of drug-likeness (QED) is 0.0934. The number of aryl methyl sites for hydroxylation is 2. The standard InChI is InChI=1S/C27H33N3O2.C15H18ClN3/c1-5-8-20(23-10-7-13-28-18-23)15-25-19(3)17-29-27(30-25)22-12-11-21(26(16-22)32-4)14-24(31)9-6-2;1-3-5-12(13-6-4-7-17-10-13)8-14-11(2)9-18-15(16)19-14/h7,10-13,16-18,20H,5-6,8-9,14-15H2,1-4H3;4,6-7,9-10,12H,3,5,8H2,1-2H3/t20-;12-/m11/s1. The van der Waals surface area contributed by atoms with Gasteiger partial charge in [-0.2, -0.15) is 0 Å². The van der Waals surface area contributed by atoms with E-state index in [1.807, 2.05) is 69.0 Å². The van der Waals surface area contributed by atoms with Crippen LogP contribution in [0.1, 0.15) is 110 Å². The number of methoxy groups -OCH3 is 1. The van der Waals surface area contributed by atoms with E-state index in [-0.39, 0.29) is 5.78 Å². The summed E-state index contributed by atoms with van der Waals surface area (Å²) in [7, 11) is 1.64. The summed E-state index contributed by atoms with van der Waals surface area (Å²) in [6.07, 6.45) is 19.2. The maximum absolute atomic E-state index is 12.1. The van der Waals surface area contributed by atoms with Crippen LogP contribution < -0.4 is 4.74 Å². The van der Waals surface area contributed by atoms with Gasteiger partial charge < -0.3 is 4.74 Å². The third-order valence-electron chi connectivity index (χ3n) is 9.05. The van der Waals surface area contributed by atoms with Crippen LogP contribution in [0.2, 0.25) is 5.28 Å². The highest BCUT2D eigenvalue weighted by Crippen LogP contribution is 2.30. The number of halogens is 1. The van der Waals surface area contributed by atoms with Crippen LogP contribution in [-0.2, 0) is 24.1 Å². The summed E-state index contributed by atoms with van der Waals surface area (Å²) in [4.78, 5) is 38.5. The molecule has 5 aromatic rings. The number of ketones is 1. The number of benzene rings is 1. The van der Waals surface area contributed by atoms with E-state index >= 15 is 0 Å². The van der Waals surface area contributed by atoms with Gasteiger partial charge in [0.25, 0.3) is 0 Å². The van der Waals surface area contributed by atoms with Crippen LogP contribution in [0.4, 0.5) is 0 Å². The van der Waals surface area contributed by atoms with E-state index in [0.717, 1.165) is 78.6 Å². The molecule has 0 saturated heterocycles. The van der Waals surface area contributed by atoms with Crippen molar-refractivity contribution in [3.8, 4) is 17.1 Å². The Labute approximate surface area is 308 Å². The molecule has 4 heterocycles. The van der Waals surface area contributed by atoms with Crippen LogP contribution in [0.3, 0.4) is 0 Å². The summed E-state index contributed by atoms with van der Waals surface area (Å²) in [5, 5.41) is 0.321. The van der Waals surface area contributed by atoms with Crippen molar-refractivity contribution < 1.29 is 9.53 Å². The molecular formula is C42H51ClN6O2. The summed E-state index contributed by atoms with van der Waals surface area (Å²) in [6, 6.07) is 14.1. The van der Waals surface area contributed by atoms with Gasteiger partial charge in [0.2, 0.25) is 5.28 Å². The molecule has 0 N–H and O–H groups in total. The summed E-state index contributed by atoms with van der Waals surface area (Å²) >= 11 is 5.89. The first kappa shape index (κ1) is 39.2. The maximum Gasteiger partial charge on any atom is 0.222 e. The number of pyridine rings is 2. The number of Topliss-reactive ketones (excluding diaryl/α,β-unsaturated/α-hetero) is 1. The molecule has 0 aliphatic heterocycles. The van der Waals surface area contributed by atoms with Crippen LogP contribution >= 0.6 is 11.6 Å². The largest absolute Gasteiger partial charge is 0.496 e. The number of hydrogen-bond donors (Lipinski definition) is 0. The Morgan fingerprint density at radius 3 is 1.88 bits per heavy atom. The van der Waals surface area contributed by atoms with Crippen LogP contribution in [0.25, 0.3) is 11.4 Å². The van der Waals surface area contributed by atoms with E-state index in [9.17, 15) is 4.79 Å². The fourth-order valence-corrected chi connectivity index (χ4v) is 6.41. The van der Waals surface area contributed by atoms with Gasteiger partial charge >= 0.3 is 0 Å². The van der Waals surface area contributed by atoms with Crippen LogP contribution in [0.5, 0.6) is 5.75 Å². The third-order valence-corrected chi connectivity index (χ3v) is 9.23. The van der Waals surface area contributed by atoms with Gasteiger partial charge in [0, 0.05) is 72.5 Å². The minimum absolute atomic E-state index is 0.227. The smallest absolute Gasteiger partial charge is 0.222 e. The Bertz CT molecular complexity index is 1820. The van der Waals surface area contributed by atoms with E-state index in [2.05, 4.69) is 57.8 Å². The van der Waals surface area contributed by atoms with Crippen molar-refractivity contribution in [2.45, 2.75) is 104 Å². The average molecular weight is 707 g/mol. The second-order valence-corrected chi connectivity index (χ2v) is 13.4. The zero-order valence-corrected chi connectivity index (χ0v) is 31.7. The maximum atomic E-state index is 12.1. The lowest BCUT2D eigenvalue weighted by Gasteiger charge is -2.17. The molecule has 268 valence electrons. The summed E-state index contributed by atoms with van der Waals surface area (Å²) in [5.74, 6) is 2.42. The second kappa shape index (κ2) is 20.3. The lowest BCUT2D eigenvalue weighted by Crippen LogP contribution is -2.08. The van der Waals surface area contributed by atoms with Gasteiger partial charge in [0.15, 0.2) is 5.82 Å². The molecule has 0 unspecified atom stereocenters. The van der Waals surface area contributed by atoms with Crippen molar-refractivity contribution in [2.24, 2.45) is 0 Å². The molecule has 0 amide bonds. The number of carbonyl (C=O) groups excluding carboxylic acids is 1. The van der Waals surface area contributed by atoms with Crippen molar-refractivity contribution in [1.29, 1.82) is 0 Å². The number of ether oxygens (including phenoxy) is 1. The average Bonchev–Trinajstić information content (AvgIpc) is 3.15. The van der Waals surface area contributed by atoms with Gasteiger partial charge in [-0.15, -0.1) is 0 Å². The van der Waals surface area contributed by atoms with Crippen molar-refractivity contribution in [3.05, 3.63) is 124 Å². The highest BCUT2D eigenvalue weighted by Gasteiger charge is 2.18. The van der Waals surface area contributed by atoms with Gasteiger partial charge in [-0.3, -0.25) is 14.8 Å². The number of rotatable bonds is 16. The van der Waals surface area contributed by atoms with E-state index in [1.165, 1.54) is 11.1 Å². The third kappa shape index (κ3) is 11.7. The Kier molecular flexibility index (Phi) is 15.6. The molecule has 8 nitrogen and oxygen atoms in total. The molecule has 9 heteroatoms. The number of nitrogens with zero attached hydrogens (tertiary/aromatic N) is 6. The van der Waals surface area contributed by atoms with Crippen molar-refractivity contribution >= 4 is 17.4 Å². The molecular weight excluding hydrogens is 656 g/mol. The normalized spacial score (nSPS) is 12.1. The monoisotopic (exact) mass is 706 g/mol. The van der Waals surface area contributed by atoms with Crippen LogP contribution in [0.15, 0.2) is 79.6 Å². The van der Waals surface area contributed by atoms with Gasteiger partial charge in [0.05, 0.1) is 7.11 Å². The molecule has 0 saturated carbocycles. The SMILES string of the molecule is CCCC(=O)Cc1ccc(-c2ncc(C)c(C[C@@H](CCC)c3cccnc3)n2)cc1OC.CCC[C@H](Cc1nc(Cl)ncc1C)c1cccnc1. The number of carbonyl (C=O) groups is 1. The molecule has 4 aromatic heterocycles. The topological polar surface area (TPSA) is 104 Å². The predicted molar refractivity (Wildman–Crippen MR) is 205 cm³/mol. The highest BCUT2D eigenvalue weighted by atomic mass is 35.5.